The molecule has 1 aliphatic heterocycles. The number of amides is 2. The molecular weight excluding hydrogens is 474 g/mol. The van der Waals surface area contributed by atoms with Gasteiger partial charge in [0, 0.05) is 5.02 Å². The Bertz CT molecular complexity index is 1300. The molecule has 1 saturated heterocycles. The quantitative estimate of drug-likeness (QED) is 0.234. The van der Waals surface area contributed by atoms with Crippen LogP contribution in [0.1, 0.15) is 27.0 Å². The van der Waals surface area contributed by atoms with Gasteiger partial charge in [-0.1, -0.05) is 47.5 Å². The van der Waals surface area contributed by atoms with E-state index in [0.29, 0.717) is 21.9 Å². The fourth-order valence-corrected chi connectivity index (χ4v) is 4.37. The highest BCUT2D eigenvalue weighted by Gasteiger charge is 2.35. The second-order valence-electron chi connectivity index (χ2n) is 7.56. The number of ether oxygens (including phenoxy) is 2. The summed E-state index contributed by atoms with van der Waals surface area (Å²) in [4.78, 5) is 39.4. The monoisotopic (exact) mass is 493 g/mol. The van der Waals surface area contributed by atoms with Gasteiger partial charge in [0.15, 0.2) is 11.5 Å². The summed E-state index contributed by atoms with van der Waals surface area (Å²) < 4.78 is 10.9. The van der Waals surface area contributed by atoms with Crippen LogP contribution in [-0.2, 0) is 11.3 Å². The number of hydrogen-bond donors (Lipinski definition) is 0. The molecule has 1 fully saturated rings. The lowest BCUT2D eigenvalue weighted by molar-refractivity contribution is -0.123. The highest BCUT2D eigenvalue weighted by molar-refractivity contribution is 8.18. The third kappa shape index (κ3) is 5.32. The minimum absolute atomic E-state index is 0.130. The van der Waals surface area contributed by atoms with Gasteiger partial charge in [-0.05, 0) is 72.3 Å². The lowest BCUT2D eigenvalue weighted by atomic mass is 10.1. The van der Waals surface area contributed by atoms with Crippen molar-refractivity contribution < 1.29 is 23.9 Å². The third-order valence-corrected chi connectivity index (χ3v) is 6.22. The number of esters is 1. The van der Waals surface area contributed by atoms with Crippen molar-refractivity contribution >= 4 is 46.6 Å². The molecule has 4 rings (SSSR count). The Morgan fingerprint density at radius 2 is 1.79 bits per heavy atom. The maximum Gasteiger partial charge on any atom is 0.343 e. The first kappa shape index (κ1) is 23.6. The number of imide groups is 1. The van der Waals surface area contributed by atoms with Crippen LogP contribution >= 0.6 is 23.4 Å². The zero-order chi connectivity index (χ0) is 24.2. The van der Waals surface area contributed by atoms with Gasteiger partial charge in [-0.2, -0.15) is 0 Å². The Morgan fingerprint density at radius 3 is 2.50 bits per heavy atom. The van der Waals surface area contributed by atoms with Crippen molar-refractivity contribution in [2.75, 3.05) is 7.11 Å². The van der Waals surface area contributed by atoms with E-state index >= 15 is 0 Å². The molecule has 0 radical (unpaired) electrons. The smallest absolute Gasteiger partial charge is 0.343 e. The van der Waals surface area contributed by atoms with Crippen LogP contribution in [0, 0.1) is 6.92 Å². The molecule has 34 heavy (non-hydrogen) atoms. The molecule has 0 saturated carbocycles. The van der Waals surface area contributed by atoms with Crippen molar-refractivity contribution in [3.05, 3.63) is 98.9 Å². The van der Waals surface area contributed by atoms with Crippen molar-refractivity contribution in [1.82, 2.24) is 4.90 Å². The van der Waals surface area contributed by atoms with Crippen molar-refractivity contribution in [2.45, 2.75) is 13.5 Å². The number of thioether (sulfide) groups is 1. The molecule has 3 aromatic rings. The molecule has 2 amide bonds. The van der Waals surface area contributed by atoms with Crippen LogP contribution in [0.2, 0.25) is 5.02 Å². The molecule has 0 spiro atoms. The van der Waals surface area contributed by atoms with Crippen LogP contribution in [0.15, 0.2) is 71.6 Å². The second kappa shape index (κ2) is 10.2. The largest absolute Gasteiger partial charge is 0.493 e. The van der Waals surface area contributed by atoms with E-state index in [1.165, 1.54) is 12.0 Å². The highest BCUT2D eigenvalue weighted by atomic mass is 35.5. The van der Waals surface area contributed by atoms with E-state index in [4.69, 9.17) is 21.1 Å². The Morgan fingerprint density at radius 1 is 1.03 bits per heavy atom. The van der Waals surface area contributed by atoms with Crippen LogP contribution < -0.4 is 9.47 Å². The molecule has 3 aromatic carbocycles. The molecule has 0 N–H and O–H groups in total. The van der Waals surface area contributed by atoms with E-state index in [-0.39, 0.29) is 22.4 Å². The Kier molecular flexibility index (Phi) is 7.05. The second-order valence-corrected chi connectivity index (χ2v) is 8.99. The lowest BCUT2D eigenvalue weighted by Gasteiger charge is -2.12. The number of rotatable bonds is 6. The summed E-state index contributed by atoms with van der Waals surface area (Å²) in [6.07, 6.45) is 1.59. The van der Waals surface area contributed by atoms with E-state index in [1.54, 1.807) is 60.7 Å². The first-order valence-electron chi connectivity index (χ1n) is 10.3. The highest BCUT2D eigenvalue weighted by Crippen LogP contribution is 2.35. The van der Waals surface area contributed by atoms with Crippen LogP contribution in [-0.4, -0.2) is 29.1 Å². The molecule has 0 aromatic heterocycles. The average molecular weight is 494 g/mol. The van der Waals surface area contributed by atoms with E-state index < -0.39 is 11.9 Å². The maximum absolute atomic E-state index is 12.9. The van der Waals surface area contributed by atoms with Gasteiger partial charge >= 0.3 is 5.97 Å². The van der Waals surface area contributed by atoms with E-state index in [9.17, 15) is 14.4 Å². The lowest BCUT2D eigenvalue weighted by Crippen LogP contribution is -2.27. The number of methoxy groups -OCH3 is 1. The molecule has 172 valence electrons. The van der Waals surface area contributed by atoms with E-state index in [0.717, 1.165) is 22.9 Å². The van der Waals surface area contributed by atoms with Crippen molar-refractivity contribution in [1.29, 1.82) is 0 Å². The molecule has 8 heteroatoms. The zero-order valence-electron chi connectivity index (χ0n) is 18.4. The first-order chi connectivity index (χ1) is 16.3. The summed E-state index contributed by atoms with van der Waals surface area (Å²) in [5.74, 6) is -0.354. The number of hydrogen-bond acceptors (Lipinski definition) is 6. The summed E-state index contributed by atoms with van der Waals surface area (Å²) in [7, 11) is 1.47. The van der Waals surface area contributed by atoms with Gasteiger partial charge in [0.2, 0.25) is 0 Å². The number of carbonyl (C=O) groups excluding carboxylic acids is 3. The summed E-state index contributed by atoms with van der Waals surface area (Å²) >= 11 is 6.86. The summed E-state index contributed by atoms with van der Waals surface area (Å²) in [5, 5.41) is 0.168. The van der Waals surface area contributed by atoms with Crippen LogP contribution in [0.5, 0.6) is 11.5 Å². The van der Waals surface area contributed by atoms with Gasteiger partial charge in [-0.3, -0.25) is 14.5 Å². The minimum Gasteiger partial charge on any atom is -0.493 e. The molecular formula is C26H20ClNO5S. The molecule has 1 aliphatic rings. The predicted molar refractivity (Wildman–Crippen MR) is 132 cm³/mol. The molecule has 0 atom stereocenters. The maximum atomic E-state index is 12.9. The Balaban J connectivity index is 1.55. The summed E-state index contributed by atoms with van der Waals surface area (Å²) in [6, 6.07) is 19.0. The number of carbonyl (C=O) groups is 3. The number of benzene rings is 3. The van der Waals surface area contributed by atoms with Gasteiger partial charge in [0.1, 0.15) is 0 Å². The number of nitrogens with zero attached hydrogens (tertiary/aromatic N) is 1. The fraction of sp³-hybridized carbons (Fsp3) is 0.115. The topological polar surface area (TPSA) is 72.9 Å². The first-order valence-corrected chi connectivity index (χ1v) is 11.5. The van der Waals surface area contributed by atoms with Crippen LogP contribution in [0.3, 0.4) is 0 Å². The molecule has 1 heterocycles. The molecule has 6 nitrogen and oxygen atoms in total. The van der Waals surface area contributed by atoms with Crippen LogP contribution in [0.4, 0.5) is 4.79 Å². The minimum atomic E-state index is -0.530. The van der Waals surface area contributed by atoms with Gasteiger partial charge in [0.05, 0.1) is 24.1 Å². The van der Waals surface area contributed by atoms with Gasteiger partial charge in [0.25, 0.3) is 11.1 Å². The Labute approximate surface area is 206 Å². The van der Waals surface area contributed by atoms with Gasteiger partial charge in [-0.15, -0.1) is 0 Å². The SMILES string of the molecule is COc1ccc(/C=C2\SC(=O)N(Cc3cccc(Cl)c3)C2=O)cc1OC(=O)c1ccc(C)cc1. The van der Waals surface area contributed by atoms with Crippen molar-refractivity contribution in [3.63, 3.8) is 0 Å². The number of aryl methyl sites for hydroxylation is 1. The predicted octanol–water partition coefficient (Wildman–Crippen LogP) is 6.11. The molecule has 0 aliphatic carbocycles. The summed E-state index contributed by atoms with van der Waals surface area (Å²) in [5.41, 5.74) is 2.77. The van der Waals surface area contributed by atoms with Crippen LogP contribution in [0.25, 0.3) is 6.08 Å². The third-order valence-electron chi connectivity index (χ3n) is 5.08. The average Bonchev–Trinajstić information content (AvgIpc) is 3.07. The normalized spacial score (nSPS) is 14.6. The van der Waals surface area contributed by atoms with E-state index in [2.05, 4.69) is 0 Å². The summed E-state index contributed by atoms with van der Waals surface area (Å²) in [6.45, 7) is 2.06. The van der Waals surface area contributed by atoms with Crippen molar-refractivity contribution in [2.24, 2.45) is 0 Å². The Hall–Kier alpha value is -3.55. The van der Waals surface area contributed by atoms with Gasteiger partial charge < -0.3 is 9.47 Å². The van der Waals surface area contributed by atoms with E-state index in [1.807, 2.05) is 19.1 Å². The molecule has 0 bridgehead atoms. The zero-order valence-corrected chi connectivity index (χ0v) is 20.0. The standard InChI is InChI=1S/C26H20ClNO5S/c1-16-6-9-19(10-7-16)25(30)33-22-13-17(8-11-21(22)32-2)14-23-24(29)28(26(31)34-23)15-18-4-3-5-20(27)12-18/h3-14H,15H2,1-2H3/b23-14-. The molecule has 0 unspecified atom stereocenters. The van der Waals surface area contributed by atoms with Gasteiger partial charge in [-0.25, -0.2) is 4.79 Å². The van der Waals surface area contributed by atoms with Crippen molar-refractivity contribution in [3.8, 4) is 11.5 Å². The number of halogens is 1. The fourth-order valence-electron chi connectivity index (χ4n) is 3.32.